The molecule has 1 aromatic heterocycles. The molecular weight excluding hydrogens is 528 g/mol. The second-order valence-electron chi connectivity index (χ2n) is 9.87. The Balaban J connectivity index is 2.34. The van der Waals surface area contributed by atoms with Gasteiger partial charge in [-0.15, -0.1) is 6.42 Å². The van der Waals surface area contributed by atoms with Gasteiger partial charge in [0.15, 0.2) is 5.60 Å². The van der Waals surface area contributed by atoms with Crippen molar-refractivity contribution in [1.82, 2.24) is 4.98 Å². The fourth-order valence-corrected chi connectivity index (χ4v) is 5.78. The highest BCUT2D eigenvalue weighted by molar-refractivity contribution is 7.42. The summed E-state index contributed by atoms with van der Waals surface area (Å²) in [6.07, 6.45) is 5.63. The predicted molar refractivity (Wildman–Crippen MR) is 153 cm³/mol. The van der Waals surface area contributed by atoms with Gasteiger partial charge in [-0.1, -0.05) is 86.6 Å². The molecule has 4 aromatic rings. The average Bonchev–Trinajstić information content (AvgIpc) is 2.93. The molecule has 0 fully saturated rings. The number of aliphatic hydroxyl groups is 1. The van der Waals surface area contributed by atoms with Gasteiger partial charge >= 0.3 is 19.2 Å². The van der Waals surface area contributed by atoms with Gasteiger partial charge in [-0.2, -0.15) is 4.89 Å². The van der Waals surface area contributed by atoms with Crippen LogP contribution < -0.4 is 0 Å². The number of pyridine rings is 1. The summed E-state index contributed by atoms with van der Waals surface area (Å²) in [6, 6.07) is 24.0. The molecule has 3 atom stereocenters. The number of carbonyl (C=O) groups is 1. The van der Waals surface area contributed by atoms with E-state index in [-0.39, 0.29) is 11.3 Å². The fourth-order valence-electron chi connectivity index (χ4n) is 5.02. The van der Waals surface area contributed by atoms with E-state index in [4.69, 9.17) is 11.4 Å². The first-order valence-corrected chi connectivity index (χ1v) is 13.7. The third-order valence-electron chi connectivity index (χ3n) is 7.01. The molecule has 0 aliphatic rings. The number of hydrogen-bond acceptors (Lipinski definition) is 4. The summed E-state index contributed by atoms with van der Waals surface area (Å²) in [7, 11) is -3.66. The van der Waals surface area contributed by atoms with Crippen LogP contribution in [-0.2, 0) is 15.0 Å². The predicted octanol–water partition coefficient (Wildman–Crippen LogP) is 6.74. The second-order valence-corrected chi connectivity index (χ2v) is 11.1. The molecule has 0 spiro atoms. The van der Waals surface area contributed by atoms with Crippen molar-refractivity contribution >= 4 is 14.0 Å². The molecule has 0 aliphatic carbocycles. The van der Waals surface area contributed by atoms with Gasteiger partial charge in [-0.3, -0.25) is 4.98 Å². The maximum absolute atomic E-state index is 14.1. The van der Waals surface area contributed by atoms with Crippen molar-refractivity contribution in [2.45, 2.75) is 37.4 Å². The number of halogens is 1. The molecule has 3 unspecified atom stereocenters. The van der Waals surface area contributed by atoms with Gasteiger partial charge in [0.25, 0.3) is 0 Å². The van der Waals surface area contributed by atoms with E-state index in [1.807, 2.05) is 80.4 Å². The minimum Gasteiger partial charge on any atom is -0.477 e. The second kappa shape index (κ2) is 11.1. The Morgan fingerprint density at radius 2 is 1.43 bits per heavy atom. The maximum atomic E-state index is 14.1. The highest BCUT2D eigenvalue weighted by Gasteiger charge is 2.70. The molecule has 0 saturated heterocycles. The summed E-state index contributed by atoms with van der Waals surface area (Å²) in [5.41, 5.74) is 0.874. The van der Waals surface area contributed by atoms with E-state index >= 15 is 0 Å². The van der Waals surface area contributed by atoms with Gasteiger partial charge in [0.2, 0.25) is 0 Å². The summed E-state index contributed by atoms with van der Waals surface area (Å²) in [6.45, 7) is 4.74. The molecule has 40 heavy (non-hydrogen) atoms. The number of nitrogens with zero attached hydrogens (tertiary/aromatic N) is 1. The fraction of sp³-hybridized carbons (Fsp3) is 0.188. The van der Waals surface area contributed by atoms with Crippen LogP contribution in [0.3, 0.4) is 0 Å². The third kappa shape index (κ3) is 4.71. The molecule has 0 amide bonds. The number of hydrogen-bond donors (Lipinski definition) is 3. The van der Waals surface area contributed by atoms with Crippen LogP contribution in [-0.4, -0.2) is 31.2 Å². The van der Waals surface area contributed by atoms with E-state index in [0.717, 1.165) is 12.5 Å². The molecule has 6 nitrogen and oxygen atoms in total. The van der Waals surface area contributed by atoms with Gasteiger partial charge in [0.1, 0.15) is 5.82 Å². The average molecular weight is 557 g/mol. The van der Waals surface area contributed by atoms with Crippen molar-refractivity contribution in [3.05, 3.63) is 102 Å². The van der Waals surface area contributed by atoms with Gasteiger partial charge < -0.3 is 10.2 Å². The van der Waals surface area contributed by atoms with Gasteiger partial charge in [0.05, 0.1) is 11.4 Å². The van der Waals surface area contributed by atoms with E-state index in [2.05, 4.69) is 0 Å². The van der Waals surface area contributed by atoms with Crippen LogP contribution in [0.25, 0.3) is 33.5 Å². The Bertz CT molecular complexity index is 1600. The monoisotopic (exact) mass is 556 g/mol. The lowest BCUT2D eigenvalue weighted by Crippen LogP contribution is -2.53. The van der Waals surface area contributed by atoms with E-state index in [9.17, 15) is 28.9 Å². The first-order chi connectivity index (χ1) is 19.0. The largest absolute Gasteiger partial charge is 0.541 e. The van der Waals surface area contributed by atoms with E-state index in [1.165, 1.54) is 24.3 Å². The number of aromatic nitrogens is 1. The van der Waals surface area contributed by atoms with Crippen LogP contribution in [0.1, 0.15) is 37.9 Å². The molecule has 0 aliphatic heterocycles. The molecule has 1 heterocycles. The Morgan fingerprint density at radius 3 is 1.88 bits per heavy atom. The number of carboxylic acids is 1. The van der Waals surface area contributed by atoms with Crippen molar-refractivity contribution < 1.29 is 28.9 Å². The first-order valence-electron chi connectivity index (χ1n) is 12.5. The van der Waals surface area contributed by atoms with Crippen LogP contribution >= 0.6 is 8.03 Å². The Labute approximate surface area is 233 Å². The first kappa shape index (κ1) is 28.8. The summed E-state index contributed by atoms with van der Waals surface area (Å²) < 4.78 is 26.9. The SMILES string of the molecule is C#CC(C(=O)O)([P+](=O)O)C(C)(O)c1c(C(C)C)nc(-c2ccccc2)c(-c2ccccc2)c1-c1ccc(F)cc1. The smallest absolute Gasteiger partial charge is 0.477 e. The number of carboxylic acid groups (broad SMARTS) is 1. The Kier molecular flexibility index (Phi) is 8.00. The molecule has 202 valence electrons. The Morgan fingerprint density at radius 1 is 0.925 bits per heavy atom. The van der Waals surface area contributed by atoms with Gasteiger partial charge in [-0.05, 0) is 52.2 Å². The van der Waals surface area contributed by atoms with E-state index in [0.29, 0.717) is 27.9 Å². The van der Waals surface area contributed by atoms with Crippen molar-refractivity contribution in [1.29, 1.82) is 0 Å². The molecule has 8 heteroatoms. The summed E-state index contributed by atoms with van der Waals surface area (Å²) in [5, 5.41) is 19.5. The van der Waals surface area contributed by atoms with Crippen molar-refractivity contribution in [3.8, 4) is 45.9 Å². The maximum Gasteiger partial charge on any atom is 0.541 e. The van der Waals surface area contributed by atoms with Crippen LogP contribution in [0, 0.1) is 18.2 Å². The number of aliphatic carboxylic acids is 1. The highest BCUT2D eigenvalue weighted by Crippen LogP contribution is 2.55. The lowest BCUT2D eigenvalue weighted by molar-refractivity contribution is -0.145. The molecule has 3 aromatic carbocycles. The quantitative estimate of drug-likeness (QED) is 0.164. The topological polar surface area (TPSA) is 108 Å². The molecule has 4 rings (SSSR count). The van der Waals surface area contributed by atoms with Crippen molar-refractivity contribution in [2.24, 2.45) is 0 Å². The number of benzene rings is 3. The zero-order chi connectivity index (χ0) is 29.2. The van der Waals surface area contributed by atoms with Crippen LogP contribution in [0.4, 0.5) is 4.39 Å². The van der Waals surface area contributed by atoms with Crippen LogP contribution in [0.5, 0.6) is 0 Å². The van der Waals surface area contributed by atoms with Gasteiger partial charge in [-0.25, -0.2) is 9.18 Å². The lowest BCUT2D eigenvalue weighted by Gasteiger charge is -2.35. The summed E-state index contributed by atoms with van der Waals surface area (Å²) in [5.74, 6) is -0.788. The highest BCUT2D eigenvalue weighted by atomic mass is 31.1. The van der Waals surface area contributed by atoms with E-state index in [1.54, 1.807) is 0 Å². The summed E-state index contributed by atoms with van der Waals surface area (Å²) in [4.78, 5) is 27.9. The lowest BCUT2D eigenvalue weighted by atomic mass is 9.74. The van der Waals surface area contributed by atoms with Gasteiger partial charge in [0, 0.05) is 16.7 Å². The summed E-state index contributed by atoms with van der Waals surface area (Å²) >= 11 is 0. The van der Waals surface area contributed by atoms with Crippen LogP contribution in [0.15, 0.2) is 84.9 Å². The Hall–Kier alpha value is -4.21. The molecule has 0 saturated carbocycles. The molecule has 3 N–H and O–H groups in total. The third-order valence-corrected chi connectivity index (χ3v) is 8.34. The van der Waals surface area contributed by atoms with Crippen molar-refractivity contribution in [2.75, 3.05) is 0 Å². The van der Waals surface area contributed by atoms with Crippen molar-refractivity contribution in [3.63, 3.8) is 0 Å². The van der Waals surface area contributed by atoms with Crippen LogP contribution in [0.2, 0.25) is 0 Å². The minimum atomic E-state index is -3.66. The zero-order valence-electron chi connectivity index (χ0n) is 22.2. The standard InChI is InChI=1S/C32H27FNO5P/c1-5-32(30(35)36,40(38)39)31(4,37)27-25(22-16-18-24(33)19-17-22)26(21-12-8-6-9-13-21)29(34-28(27)20(2)3)23-14-10-7-11-15-23/h1,6-20,37H,2-4H3,(H-,35,36,38,39)/p+1. The number of rotatable bonds is 8. The van der Waals surface area contributed by atoms with E-state index < -0.39 is 36.5 Å². The number of terminal acetylenes is 1. The molecule has 0 bridgehead atoms. The molecule has 0 radical (unpaired) electrons. The zero-order valence-corrected chi connectivity index (χ0v) is 23.1. The molecular formula is C32H28FNO5P+. The normalized spacial score (nSPS) is 14.6. The minimum absolute atomic E-state index is 0.0228.